The molecule has 2 aliphatic rings. The second-order valence-electron chi connectivity index (χ2n) is 9.19. The number of rotatable bonds is 6. The molecule has 186 valence electrons. The van der Waals surface area contributed by atoms with Gasteiger partial charge in [0, 0.05) is 42.6 Å². The molecule has 8 nitrogen and oxygen atoms in total. The number of amides is 1. The van der Waals surface area contributed by atoms with E-state index in [9.17, 15) is 4.79 Å². The fourth-order valence-corrected chi connectivity index (χ4v) is 6.67. The molecular formula is C26H28N6O2S2. The zero-order valence-electron chi connectivity index (χ0n) is 20.2. The SMILES string of the molecule is COCC1CCCCN1c1nc(-c2nnc3n2CCN(C(=O)c2ccc(-c4cccs4)cc2)C3)cs1. The molecule has 36 heavy (non-hydrogen) atoms. The number of carbonyl (C=O) groups is 1. The van der Waals surface area contributed by atoms with Crippen LogP contribution in [-0.4, -0.2) is 63.4 Å². The Hall–Kier alpha value is -3.08. The number of anilines is 1. The minimum absolute atomic E-state index is 0.0220. The lowest BCUT2D eigenvalue weighted by molar-refractivity contribution is 0.0708. The van der Waals surface area contributed by atoms with E-state index in [-0.39, 0.29) is 5.91 Å². The number of thiophene rings is 1. The number of ether oxygens (including phenoxy) is 1. The Kier molecular flexibility index (Phi) is 6.56. The quantitative estimate of drug-likeness (QED) is 0.364. The van der Waals surface area contributed by atoms with Gasteiger partial charge in [0.1, 0.15) is 5.69 Å². The predicted molar refractivity (Wildman–Crippen MR) is 142 cm³/mol. The van der Waals surface area contributed by atoms with E-state index < -0.39 is 0 Å². The first-order chi connectivity index (χ1) is 17.7. The van der Waals surface area contributed by atoms with Crippen molar-refractivity contribution in [2.24, 2.45) is 0 Å². The van der Waals surface area contributed by atoms with Gasteiger partial charge in [-0.3, -0.25) is 4.79 Å². The number of methoxy groups -OCH3 is 1. The van der Waals surface area contributed by atoms with Gasteiger partial charge in [-0.05, 0) is 48.4 Å². The average Bonchev–Trinajstić information content (AvgIpc) is 3.69. The second kappa shape index (κ2) is 10.1. The molecule has 1 fully saturated rings. The van der Waals surface area contributed by atoms with Crippen LogP contribution in [0.4, 0.5) is 5.13 Å². The van der Waals surface area contributed by atoms with Crippen molar-refractivity contribution in [1.82, 2.24) is 24.6 Å². The van der Waals surface area contributed by atoms with Crippen LogP contribution < -0.4 is 4.90 Å². The van der Waals surface area contributed by atoms with Gasteiger partial charge in [0.2, 0.25) is 0 Å². The van der Waals surface area contributed by atoms with Gasteiger partial charge in [0.15, 0.2) is 16.8 Å². The third-order valence-electron chi connectivity index (χ3n) is 6.93. The highest BCUT2D eigenvalue weighted by Crippen LogP contribution is 2.32. The summed E-state index contributed by atoms with van der Waals surface area (Å²) >= 11 is 3.35. The van der Waals surface area contributed by atoms with Gasteiger partial charge in [0.05, 0.1) is 19.2 Å². The first kappa shape index (κ1) is 23.3. The van der Waals surface area contributed by atoms with Crippen molar-refractivity contribution in [1.29, 1.82) is 0 Å². The van der Waals surface area contributed by atoms with E-state index in [1.54, 1.807) is 29.8 Å². The average molecular weight is 521 g/mol. The van der Waals surface area contributed by atoms with Crippen LogP contribution in [0.1, 0.15) is 35.4 Å². The standard InChI is InChI=1S/C26H28N6O2S2/c1-34-16-20-5-2-3-11-31(20)26-27-21(17-36-26)24-29-28-23-15-30(12-13-32(23)24)25(33)19-9-7-18(8-10-19)22-6-4-14-35-22/h4,6-10,14,17,20H,2-3,5,11-13,15-16H2,1H3. The Labute approximate surface area is 218 Å². The van der Waals surface area contributed by atoms with E-state index in [1.165, 1.54) is 17.7 Å². The first-order valence-electron chi connectivity index (χ1n) is 12.3. The number of thiazole rings is 1. The molecule has 10 heteroatoms. The van der Waals surface area contributed by atoms with Gasteiger partial charge >= 0.3 is 0 Å². The van der Waals surface area contributed by atoms with Crippen LogP contribution in [0.3, 0.4) is 0 Å². The molecule has 4 aromatic rings. The molecule has 5 heterocycles. The van der Waals surface area contributed by atoms with Crippen molar-refractivity contribution in [3.8, 4) is 22.0 Å². The van der Waals surface area contributed by atoms with Crippen molar-refractivity contribution >= 4 is 33.7 Å². The van der Waals surface area contributed by atoms with Gasteiger partial charge in [-0.25, -0.2) is 4.98 Å². The second-order valence-corrected chi connectivity index (χ2v) is 11.0. The molecule has 0 bridgehead atoms. The summed E-state index contributed by atoms with van der Waals surface area (Å²) in [5.41, 5.74) is 2.67. The van der Waals surface area contributed by atoms with E-state index in [2.05, 4.69) is 36.5 Å². The van der Waals surface area contributed by atoms with E-state index in [0.29, 0.717) is 31.2 Å². The Morgan fingerprint density at radius 1 is 1.08 bits per heavy atom. The van der Waals surface area contributed by atoms with Crippen LogP contribution in [0.15, 0.2) is 47.2 Å². The van der Waals surface area contributed by atoms with Crippen LogP contribution in [-0.2, 0) is 17.8 Å². The van der Waals surface area contributed by atoms with Gasteiger partial charge in [-0.1, -0.05) is 18.2 Å². The monoisotopic (exact) mass is 520 g/mol. The topological polar surface area (TPSA) is 76.4 Å². The predicted octanol–water partition coefficient (Wildman–Crippen LogP) is 4.79. The number of hydrogen-bond donors (Lipinski definition) is 0. The summed E-state index contributed by atoms with van der Waals surface area (Å²) in [6, 6.07) is 12.4. The number of carbonyl (C=O) groups excluding carboxylic acids is 1. The maximum Gasteiger partial charge on any atom is 0.254 e. The smallest absolute Gasteiger partial charge is 0.254 e. The maximum atomic E-state index is 13.2. The zero-order valence-corrected chi connectivity index (χ0v) is 21.8. The Balaban J connectivity index is 1.16. The summed E-state index contributed by atoms with van der Waals surface area (Å²) in [7, 11) is 1.76. The number of nitrogens with zero attached hydrogens (tertiary/aromatic N) is 6. The van der Waals surface area contributed by atoms with E-state index in [4.69, 9.17) is 9.72 Å². The third-order valence-corrected chi connectivity index (χ3v) is 8.73. The molecule has 1 atom stereocenters. The minimum atomic E-state index is 0.0220. The maximum absolute atomic E-state index is 13.2. The van der Waals surface area contributed by atoms with Crippen molar-refractivity contribution in [2.75, 3.05) is 31.7 Å². The Morgan fingerprint density at radius 3 is 2.78 bits per heavy atom. The molecule has 1 unspecified atom stereocenters. The normalized spacial score (nSPS) is 17.9. The van der Waals surface area contributed by atoms with Gasteiger partial charge in [-0.15, -0.1) is 32.9 Å². The van der Waals surface area contributed by atoms with Crippen LogP contribution >= 0.6 is 22.7 Å². The number of hydrogen-bond acceptors (Lipinski definition) is 8. The molecule has 0 spiro atoms. The lowest BCUT2D eigenvalue weighted by Crippen LogP contribution is -2.42. The molecule has 0 saturated carbocycles. The van der Waals surface area contributed by atoms with Crippen molar-refractivity contribution in [2.45, 2.75) is 38.4 Å². The third kappa shape index (κ3) is 4.44. The van der Waals surface area contributed by atoms with Crippen molar-refractivity contribution < 1.29 is 9.53 Å². The molecule has 0 N–H and O–H groups in total. The number of benzene rings is 1. The van der Waals surface area contributed by atoms with E-state index >= 15 is 0 Å². The highest BCUT2D eigenvalue weighted by atomic mass is 32.1. The molecule has 0 aliphatic carbocycles. The Morgan fingerprint density at radius 2 is 1.97 bits per heavy atom. The summed E-state index contributed by atoms with van der Waals surface area (Å²) in [6.45, 7) is 3.43. The fourth-order valence-electron chi connectivity index (χ4n) is 5.04. The van der Waals surface area contributed by atoms with Crippen LogP contribution in [0.5, 0.6) is 0 Å². The number of aromatic nitrogens is 4. The highest BCUT2D eigenvalue weighted by molar-refractivity contribution is 7.14. The van der Waals surface area contributed by atoms with Crippen molar-refractivity contribution in [3.63, 3.8) is 0 Å². The first-order valence-corrected chi connectivity index (χ1v) is 14.0. The fraction of sp³-hybridized carbons (Fsp3) is 0.385. The van der Waals surface area contributed by atoms with E-state index in [0.717, 1.165) is 47.6 Å². The molecule has 1 amide bonds. The number of fused-ring (bicyclic) bond motifs is 1. The summed E-state index contributed by atoms with van der Waals surface area (Å²) < 4.78 is 7.55. The largest absolute Gasteiger partial charge is 0.383 e. The zero-order chi connectivity index (χ0) is 24.5. The van der Waals surface area contributed by atoms with Crippen LogP contribution in [0, 0.1) is 0 Å². The lowest BCUT2D eigenvalue weighted by atomic mass is 10.0. The highest BCUT2D eigenvalue weighted by Gasteiger charge is 2.28. The van der Waals surface area contributed by atoms with Gasteiger partial charge in [0.25, 0.3) is 5.91 Å². The lowest BCUT2D eigenvalue weighted by Gasteiger charge is -2.35. The summed E-state index contributed by atoms with van der Waals surface area (Å²) in [5.74, 6) is 1.60. The molecule has 1 saturated heterocycles. The summed E-state index contributed by atoms with van der Waals surface area (Å²) in [6.07, 6.45) is 3.54. The summed E-state index contributed by atoms with van der Waals surface area (Å²) in [4.78, 5) is 23.6. The minimum Gasteiger partial charge on any atom is -0.383 e. The summed E-state index contributed by atoms with van der Waals surface area (Å²) in [5, 5.41) is 14.0. The van der Waals surface area contributed by atoms with Crippen LogP contribution in [0.25, 0.3) is 22.0 Å². The molecule has 6 rings (SSSR count). The molecule has 2 aliphatic heterocycles. The van der Waals surface area contributed by atoms with E-state index in [1.807, 2.05) is 35.2 Å². The van der Waals surface area contributed by atoms with Gasteiger partial charge < -0.3 is 19.1 Å². The Bertz CT molecular complexity index is 1330. The number of piperidine rings is 1. The molecule has 3 aromatic heterocycles. The van der Waals surface area contributed by atoms with Crippen LogP contribution in [0.2, 0.25) is 0 Å². The molecule has 0 radical (unpaired) electrons. The molecular weight excluding hydrogens is 492 g/mol. The van der Waals surface area contributed by atoms with Crippen molar-refractivity contribution in [3.05, 3.63) is 58.5 Å². The molecule has 1 aromatic carbocycles. The van der Waals surface area contributed by atoms with Gasteiger partial charge in [-0.2, -0.15) is 0 Å².